The molecule has 0 radical (unpaired) electrons. The van der Waals surface area contributed by atoms with E-state index in [1.54, 1.807) is 0 Å². The summed E-state index contributed by atoms with van der Waals surface area (Å²) < 4.78 is 0. The highest BCUT2D eigenvalue weighted by atomic mass is 15.1. The summed E-state index contributed by atoms with van der Waals surface area (Å²) in [6.07, 6.45) is 7.82. The summed E-state index contributed by atoms with van der Waals surface area (Å²) in [6, 6.07) is 0. The Bertz CT molecular complexity index is 163. The molecular weight excluding hydrogens is 160 g/mol. The molecule has 1 rings (SSSR count). The third-order valence-electron chi connectivity index (χ3n) is 2.81. The first kappa shape index (κ1) is 10.6. The fourth-order valence-corrected chi connectivity index (χ4v) is 1.86. The van der Waals surface area contributed by atoms with Crippen molar-refractivity contribution < 1.29 is 0 Å². The largest absolute Gasteiger partial charge is 0.306 e. The van der Waals surface area contributed by atoms with Gasteiger partial charge in [-0.25, -0.2) is 0 Å². The zero-order valence-corrected chi connectivity index (χ0v) is 8.55. The van der Waals surface area contributed by atoms with Gasteiger partial charge in [-0.2, -0.15) is 0 Å². The first-order valence-corrected chi connectivity index (χ1v) is 5.23. The molecule has 0 aromatic rings. The normalized spacial score (nSPS) is 20.0. The Kier molecular flexibility index (Phi) is 4.88. The molecule has 1 N–H and O–H groups in total. The van der Waals surface area contributed by atoms with Crippen LogP contribution in [0.4, 0.5) is 0 Å². The molecule has 1 heterocycles. The highest BCUT2D eigenvalue weighted by Crippen LogP contribution is 2.15. The number of terminal acetylenes is 1. The van der Waals surface area contributed by atoms with Crippen molar-refractivity contribution in [2.24, 2.45) is 5.92 Å². The van der Waals surface area contributed by atoms with E-state index in [9.17, 15) is 0 Å². The van der Waals surface area contributed by atoms with Gasteiger partial charge >= 0.3 is 0 Å². The molecule has 1 aliphatic heterocycles. The molecule has 0 spiro atoms. The zero-order chi connectivity index (χ0) is 9.52. The van der Waals surface area contributed by atoms with Crippen LogP contribution >= 0.6 is 0 Å². The van der Waals surface area contributed by atoms with Crippen LogP contribution in [0.1, 0.15) is 19.8 Å². The van der Waals surface area contributed by atoms with Crippen LogP contribution in [0.5, 0.6) is 0 Å². The molecule has 1 saturated heterocycles. The van der Waals surface area contributed by atoms with Crippen molar-refractivity contribution in [3.8, 4) is 12.3 Å². The summed E-state index contributed by atoms with van der Waals surface area (Å²) in [4.78, 5) is 2.51. The summed E-state index contributed by atoms with van der Waals surface area (Å²) in [6.45, 7) is 7.77. The second-order valence-corrected chi connectivity index (χ2v) is 3.71. The highest BCUT2D eigenvalue weighted by Gasteiger charge is 2.16. The Morgan fingerprint density at radius 3 is 2.69 bits per heavy atom. The van der Waals surface area contributed by atoms with Crippen LogP contribution in [-0.2, 0) is 0 Å². The summed E-state index contributed by atoms with van der Waals surface area (Å²) in [5.74, 6) is 3.45. The average Bonchev–Trinajstić information content (AvgIpc) is 2.19. The highest BCUT2D eigenvalue weighted by molar-refractivity contribution is 4.87. The monoisotopic (exact) mass is 180 g/mol. The molecular formula is C11H20N2. The molecule has 0 atom stereocenters. The first-order valence-electron chi connectivity index (χ1n) is 5.23. The third kappa shape index (κ3) is 3.80. The van der Waals surface area contributed by atoms with E-state index >= 15 is 0 Å². The molecule has 0 saturated carbocycles. The zero-order valence-electron chi connectivity index (χ0n) is 8.55. The molecule has 0 aromatic carbocycles. The lowest BCUT2D eigenvalue weighted by Crippen LogP contribution is -2.37. The van der Waals surface area contributed by atoms with E-state index < -0.39 is 0 Å². The van der Waals surface area contributed by atoms with Gasteiger partial charge in [-0.15, -0.1) is 6.42 Å². The average molecular weight is 180 g/mol. The van der Waals surface area contributed by atoms with Crippen LogP contribution in [0, 0.1) is 18.3 Å². The van der Waals surface area contributed by atoms with Gasteiger partial charge in [0, 0.05) is 0 Å². The van der Waals surface area contributed by atoms with E-state index in [4.69, 9.17) is 6.42 Å². The van der Waals surface area contributed by atoms with Gasteiger partial charge in [0.05, 0.1) is 6.54 Å². The van der Waals surface area contributed by atoms with Crippen LogP contribution in [0.25, 0.3) is 0 Å². The standard InChI is InChI=1S/C11H20N2/c1-3-7-12-10-11-5-8-13(4-2)9-6-11/h1,11-12H,4-10H2,2H3. The van der Waals surface area contributed by atoms with Crippen molar-refractivity contribution >= 4 is 0 Å². The van der Waals surface area contributed by atoms with Crippen molar-refractivity contribution in [3.05, 3.63) is 0 Å². The molecule has 2 nitrogen and oxygen atoms in total. The SMILES string of the molecule is C#CCNCC1CCN(CC)CC1. The van der Waals surface area contributed by atoms with Gasteiger partial charge < -0.3 is 10.2 Å². The number of nitrogens with zero attached hydrogens (tertiary/aromatic N) is 1. The number of hydrogen-bond acceptors (Lipinski definition) is 2. The van der Waals surface area contributed by atoms with E-state index in [0.29, 0.717) is 6.54 Å². The number of nitrogens with one attached hydrogen (secondary N) is 1. The van der Waals surface area contributed by atoms with Crippen molar-refractivity contribution in [1.29, 1.82) is 0 Å². The lowest BCUT2D eigenvalue weighted by molar-refractivity contribution is 0.191. The van der Waals surface area contributed by atoms with Crippen LogP contribution < -0.4 is 5.32 Å². The summed E-state index contributed by atoms with van der Waals surface area (Å²) in [5.41, 5.74) is 0. The topological polar surface area (TPSA) is 15.3 Å². The molecule has 1 fully saturated rings. The fourth-order valence-electron chi connectivity index (χ4n) is 1.86. The van der Waals surface area contributed by atoms with Gasteiger partial charge in [-0.05, 0) is 44.9 Å². The van der Waals surface area contributed by atoms with Gasteiger partial charge in [0.15, 0.2) is 0 Å². The lowest BCUT2D eigenvalue weighted by Gasteiger charge is -2.30. The van der Waals surface area contributed by atoms with E-state index in [0.717, 1.165) is 12.5 Å². The summed E-state index contributed by atoms with van der Waals surface area (Å²) in [7, 11) is 0. The predicted octanol–water partition coefficient (Wildman–Crippen LogP) is 0.941. The number of likely N-dealkylation sites (tertiary alicyclic amines) is 1. The molecule has 2 heteroatoms. The van der Waals surface area contributed by atoms with Gasteiger partial charge in [0.1, 0.15) is 0 Å². The second-order valence-electron chi connectivity index (χ2n) is 3.71. The van der Waals surface area contributed by atoms with Gasteiger partial charge in [0.2, 0.25) is 0 Å². The number of rotatable bonds is 4. The minimum absolute atomic E-state index is 0.716. The van der Waals surface area contributed by atoms with Gasteiger partial charge in [-0.3, -0.25) is 0 Å². The molecule has 0 unspecified atom stereocenters. The molecule has 0 aliphatic carbocycles. The van der Waals surface area contributed by atoms with Crippen LogP contribution in [0.15, 0.2) is 0 Å². The first-order chi connectivity index (χ1) is 6.36. The van der Waals surface area contributed by atoms with Gasteiger partial charge in [-0.1, -0.05) is 12.8 Å². The number of hydrogen-bond donors (Lipinski definition) is 1. The molecule has 74 valence electrons. The quantitative estimate of drug-likeness (QED) is 0.512. The van der Waals surface area contributed by atoms with Crippen LogP contribution in [0.2, 0.25) is 0 Å². The maximum Gasteiger partial charge on any atom is 0.0573 e. The Morgan fingerprint density at radius 1 is 1.46 bits per heavy atom. The summed E-state index contributed by atoms with van der Waals surface area (Å²) >= 11 is 0. The minimum Gasteiger partial charge on any atom is -0.306 e. The van der Waals surface area contributed by atoms with E-state index in [-0.39, 0.29) is 0 Å². The Labute approximate surface area is 81.7 Å². The Morgan fingerprint density at radius 2 is 2.15 bits per heavy atom. The third-order valence-corrected chi connectivity index (χ3v) is 2.81. The molecule has 0 bridgehead atoms. The van der Waals surface area contributed by atoms with Crippen molar-refractivity contribution in [3.63, 3.8) is 0 Å². The number of piperidine rings is 1. The molecule has 0 amide bonds. The van der Waals surface area contributed by atoms with Crippen molar-refractivity contribution in [2.45, 2.75) is 19.8 Å². The van der Waals surface area contributed by atoms with E-state index in [1.807, 2.05) is 0 Å². The van der Waals surface area contributed by atoms with Crippen molar-refractivity contribution in [2.75, 3.05) is 32.7 Å². The molecule has 0 aromatic heterocycles. The van der Waals surface area contributed by atoms with E-state index in [2.05, 4.69) is 23.1 Å². The minimum atomic E-state index is 0.716. The fraction of sp³-hybridized carbons (Fsp3) is 0.818. The van der Waals surface area contributed by atoms with E-state index in [1.165, 1.54) is 32.5 Å². The second kappa shape index (κ2) is 6.01. The molecule has 1 aliphatic rings. The predicted molar refractivity (Wildman–Crippen MR) is 56.5 cm³/mol. The maximum absolute atomic E-state index is 5.17. The van der Waals surface area contributed by atoms with Crippen LogP contribution in [-0.4, -0.2) is 37.6 Å². The lowest BCUT2D eigenvalue weighted by atomic mass is 9.97. The smallest absolute Gasteiger partial charge is 0.0573 e. The molecule has 13 heavy (non-hydrogen) atoms. The van der Waals surface area contributed by atoms with Crippen molar-refractivity contribution in [1.82, 2.24) is 10.2 Å². The maximum atomic E-state index is 5.17. The summed E-state index contributed by atoms with van der Waals surface area (Å²) in [5, 5.41) is 3.28. The van der Waals surface area contributed by atoms with Gasteiger partial charge in [0.25, 0.3) is 0 Å². The Hall–Kier alpha value is -0.520. The van der Waals surface area contributed by atoms with Crippen LogP contribution in [0.3, 0.4) is 0 Å². The Balaban J connectivity index is 2.07.